The Hall–Kier alpha value is -3.57. The van der Waals surface area contributed by atoms with Gasteiger partial charge in [0.2, 0.25) is 5.95 Å². The topological polar surface area (TPSA) is 73.5 Å². The molecule has 0 aliphatic rings. The van der Waals surface area contributed by atoms with E-state index in [1.807, 2.05) is 0 Å². The van der Waals surface area contributed by atoms with E-state index in [0.29, 0.717) is 17.1 Å². The van der Waals surface area contributed by atoms with Gasteiger partial charge in [-0.3, -0.25) is 4.68 Å². The van der Waals surface area contributed by atoms with Crippen molar-refractivity contribution in [2.24, 2.45) is 0 Å². The van der Waals surface area contributed by atoms with Gasteiger partial charge in [-0.25, -0.2) is 31.6 Å². The quantitative estimate of drug-likeness (QED) is 0.390. The summed E-state index contributed by atoms with van der Waals surface area (Å²) >= 11 is 0. The first-order valence-electron chi connectivity index (χ1n) is 8.29. The van der Waals surface area contributed by atoms with Gasteiger partial charge in [0, 0.05) is 18.0 Å². The Bertz CT molecular complexity index is 1170. The normalized spacial score (nSPS) is 11.5. The highest BCUT2D eigenvalue weighted by Gasteiger charge is 2.17. The van der Waals surface area contributed by atoms with Crippen LogP contribution in [-0.2, 0) is 13.1 Å². The largest absolute Gasteiger partial charge is 0.321 e. The van der Waals surface area contributed by atoms with Crippen molar-refractivity contribution in [3.63, 3.8) is 0 Å². The second-order valence-corrected chi connectivity index (χ2v) is 6.06. The zero-order chi connectivity index (χ0) is 20.5. The molecule has 7 nitrogen and oxygen atoms in total. The van der Waals surface area contributed by atoms with E-state index < -0.39 is 36.0 Å². The fourth-order valence-electron chi connectivity index (χ4n) is 2.70. The molecule has 0 saturated heterocycles. The van der Waals surface area contributed by atoms with Crippen LogP contribution in [0.1, 0.15) is 5.56 Å². The number of alkyl halides is 2. The minimum absolute atomic E-state index is 0.0935. The molecule has 0 unspecified atom stereocenters. The SMILES string of the molecule is Fc1ccc(F)c(Cn2ncc3cnc(Nc4cnn(CC(F)F)c4)nc32)c1F. The number of nitrogens with one attached hydrogen (secondary N) is 1. The van der Waals surface area contributed by atoms with Crippen molar-refractivity contribution in [3.05, 3.63) is 59.9 Å². The Morgan fingerprint density at radius 2 is 1.79 bits per heavy atom. The predicted octanol–water partition coefficient (Wildman–Crippen LogP) is 3.50. The monoisotopic (exact) mass is 409 g/mol. The zero-order valence-electron chi connectivity index (χ0n) is 14.5. The summed E-state index contributed by atoms with van der Waals surface area (Å²) in [6.45, 7) is -0.944. The number of hydrogen-bond acceptors (Lipinski definition) is 5. The number of fused-ring (bicyclic) bond motifs is 1. The molecule has 4 aromatic rings. The lowest BCUT2D eigenvalue weighted by Gasteiger charge is -2.07. The molecule has 4 rings (SSSR count). The maximum absolute atomic E-state index is 14.0. The van der Waals surface area contributed by atoms with Crippen LogP contribution in [0, 0.1) is 17.5 Å². The van der Waals surface area contributed by atoms with E-state index >= 15 is 0 Å². The van der Waals surface area contributed by atoms with Crippen LogP contribution in [0.2, 0.25) is 0 Å². The van der Waals surface area contributed by atoms with Crippen molar-refractivity contribution >= 4 is 22.7 Å². The van der Waals surface area contributed by atoms with E-state index in [-0.39, 0.29) is 18.1 Å². The third-order valence-corrected chi connectivity index (χ3v) is 4.04. The molecule has 0 fully saturated rings. The summed E-state index contributed by atoms with van der Waals surface area (Å²) < 4.78 is 68.4. The van der Waals surface area contributed by atoms with E-state index in [1.54, 1.807) is 0 Å². The Morgan fingerprint density at radius 3 is 2.59 bits per heavy atom. The molecule has 12 heteroatoms. The first kappa shape index (κ1) is 18.8. The molecule has 0 atom stereocenters. The Kier molecular flexibility index (Phi) is 4.82. The molecular formula is C17H12F5N7. The van der Waals surface area contributed by atoms with Gasteiger partial charge in [0.15, 0.2) is 17.3 Å². The molecule has 0 bridgehead atoms. The smallest absolute Gasteiger partial charge is 0.257 e. The van der Waals surface area contributed by atoms with Crippen LogP contribution in [-0.4, -0.2) is 36.0 Å². The molecular weight excluding hydrogens is 397 g/mol. The first-order chi connectivity index (χ1) is 13.9. The molecule has 3 heterocycles. The van der Waals surface area contributed by atoms with Crippen LogP contribution >= 0.6 is 0 Å². The lowest BCUT2D eigenvalue weighted by atomic mass is 10.2. The van der Waals surface area contributed by atoms with Gasteiger partial charge >= 0.3 is 0 Å². The van der Waals surface area contributed by atoms with Crippen molar-refractivity contribution < 1.29 is 22.0 Å². The average molecular weight is 409 g/mol. The molecule has 3 aromatic heterocycles. The third-order valence-electron chi connectivity index (χ3n) is 4.04. The van der Waals surface area contributed by atoms with Gasteiger partial charge in [-0.1, -0.05) is 0 Å². The van der Waals surface area contributed by atoms with E-state index in [2.05, 4.69) is 25.5 Å². The van der Waals surface area contributed by atoms with Gasteiger partial charge in [-0.15, -0.1) is 0 Å². The molecule has 0 aliphatic heterocycles. The Balaban J connectivity index is 1.61. The number of halogens is 5. The van der Waals surface area contributed by atoms with E-state index in [4.69, 9.17) is 0 Å². The number of hydrogen-bond donors (Lipinski definition) is 1. The zero-order valence-corrected chi connectivity index (χ0v) is 14.5. The lowest BCUT2D eigenvalue weighted by molar-refractivity contribution is 0.122. The molecule has 0 spiro atoms. The minimum Gasteiger partial charge on any atom is -0.321 e. The van der Waals surface area contributed by atoms with Crippen molar-refractivity contribution in [1.29, 1.82) is 0 Å². The molecule has 1 N–H and O–H groups in total. The Labute approximate surface area is 159 Å². The van der Waals surface area contributed by atoms with Crippen LogP contribution in [0.15, 0.2) is 36.9 Å². The third kappa shape index (κ3) is 3.86. The highest BCUT2D eigenvalue weighted by Crippen LogP contribution is 2.20. The summed E-state index contributed by atoms with van der Waals surface area (Å²) in [6.07, 6.45) is 2.96. The predicted molar refractivity (Wildman–Crippen MR) is 92.3 cm³/mol. The molecule has 0 aliphatic carbocycles. The summed E-state index contributed by atoms with van der Waals surface area (Å²) in [5, 5.41) is 11.1. The number of aromatic nitrogens is 6. The maximum atomic E-state index is 14.0. The average Bonchev–Trinajstić information content (AvgIpc) is 3.28. The fraction of sp³-hybridized carbons (Fsp3) is 0.176. The van der Waals surface area contributed by atoms with E-state index in [9.17, 15) is 22.0 Å². The number of anilines is 2. The van der Waals surface area contributed by atoms with Crippen LogP contribution < -0.4 is 5.32 Å². The van der Waals surface area contributed by atoms with Crippen molar-refractivity contribution in [2.45, 2.75) is 19.5 Å². The molecule has 0 amide bonds. The van der Waals surface area contributed by atoms with Crippen molar-refractivity contribution in [1.82, 2.24) is 29.5 Å². The first-order valence-corrected chi connectivity index (χ1v) is 8.29. The van der Waals surface area contributed by atoms with Crippen LogP contribution in [0.3, 0.4) is 0 Å². The molecule has 29 heavy (non-hydrogen) atoms. The lowest BCUT2D eigenvalue weighted by Crippen LogP contribution is -2.09. The second-order valence-electron chi connectivity index (χ2n) is 6.06. The number of nitrogens with zero attached hydrogens (tertiary/aromatic N) is 6. The summed E-state index contributed by atoms with van der Waals surface area (Å²) in [5.74, 6) is -3.29. The summed E-state index contributed by atoms with van der Waals surface area (Å²) in [6, 6.07) is 1.53. The van der Waals surface area contributed by atoms with Gasteiger partial charge in [-0.05, 0) is 12.1 Å². The number of benzene rings is 1. The summed E-state index contributed by atoms with van der Waals surface area (Å²) in [4.78, 5) is 8.31. The molecule has 1 aromatic carbocycles. The van der Waals surface area contributed by atoms with Gasteiger partial charge in [0.25, 0.3) is 6.43 Å². The second kappa shape index (κ2) is 7.45. The Morgan fingerprint density at radius 1 is 1.00 bits per heavy atom. The van der Waals surface area contributed by atoms with Crippen molar-refractivity contribution in [2.75, 3.05) is 5.32 Å². The molecule has 150 valence electrons. The van der Waals surface area contributed by atoms with Gasteiger partial charge in [-0.2, -0.15) is 15.2 Å². The van der Waals surface area contributed by atoms with Gasteiger partial charge in [0.1, 0.15) is 12.4 Å². The highest BCUT2D eigenvalue weighted by atomic mass is 19.3. The van der Waals surface area contributed by atoms with Crippen LogP contribution in [0.4, 0.5) is 33.6 Å². The maximum Gasteiger partial charge on any atom is 0.257 e. The highest BCUT2D eigenvalue weighted by molar-refractivity contribution is 5.75. The van der Waals surface area contributed by atoms with Crippen LogP contribution in [0.25, 0.3) is 11.0 Å². The van der Waals surface area contributed by atoms with Crippen molar-refractivity contribution in [3.8, 4) is 0 Å². The summed E-state index contributed by atoms with van der Waals surface area (Å²) in [7, 11) is 0. The molecule has 0 radical (unpaired) electrons. The fourth-order valence-corrected chi connectivity index (χ4v) is 2.70. The molecule has 0 saturated carbocycles. The van der Waals surface area contributed by atoms with Gasteiger partial charge in [0.05, 0.1) is 30.0 Å². The van der Waals surface area contributed by atoms with Gasteiger partial charge < -0.3 is 5.32 Å². The number of rotatable bonds is 6. The standard InChI is InChI=1S/C17H12F5N7/c18-12-1-2-13(19)15(22)11(12)7-29-16-9(4-25-29)3-23-17(27-16)26-10-5-24-28(6-10)8-14(20)21/h1-6,14H,7-8H2,(H,23,26,27). The summed E-state index contributed by atoms with van der Waals surface area (Å²) in [5.41, 5.74) is 0.125. The minimum atomic E-state index is -2.55. The van der Waals surface area contributed by atoms with E-state index in [0.717, 1.165) is 10.7 Å². The van der Waals surface area contributed by atoms with Crippen LogP contribution in [0.5, 0.6) is 0 Å². The van der Waals surface area contributed by atoms with E-state index in [1.165, 1.54) is 29.5 Å².